The van der Waals surface area contributed by atoms with E-state index in [9.17, 15) is 0 Å². The minimum Gasteiger partial charge on any atom is -0.313 e. The molecule has 1 aliphatic heterocycles. The quantitative estimate of drug-likeness (QED) is 0.578. The van der Waals surface area contributed by atoms with E-state index >= 15 is 0 Å². The highest BCUT2D eigenvalue weighted by Crippen LogP contribution is 2.64. The van der Waals surface area contributed by atoms with Crippen molar-refractivity contribution in [3.63, 3.8) is 0 Å². The molecule has 3 fully saturated rings. The molecule has 2 bridgehead atoms. The van der Waals surface area contributed by atoms with Gasteiger partial charge in [-0.15, -0.1) is 0 Å². The second-order valence-corrected chi connectivity index (χ2v) is 5.73. The minimum absolute atomic E-state index is 0.637. The van der Waals surface area contributed by atoms with Gasteiger partial charge in [-0.05, 0) is 42.1 Å². The van der Waals surface area contributed by atoms with Crippen LogP contribution in [0, 0.1) is 29.1 Å². The molecule has 0 aromatic rings. The smallest absolute Gasteiger partial charge is 0.0107 e. The Kier molecular flexibility index (Phi) is 1.16. The predicted molar refractivity (Wildman–Crippen MR) is 49.8 cm³/mol. The van der Waals surface area contributed by atoms with Gasteiger partial charge >= 0.3 is 0 Å². The number of nitrogens with one attached hydrogen (secondary N) is 1. The Balaban J connectivity index is 2.07. The molecule has 1 nitrogen and oxygen atoms in total. The van der Waals surface area contributed by atoms with Gasteiger partial charge in [0.1, 0.15) is 0 Å². The van der Waals surface area contributed by atoms with Crippen molar-refractivity contribution in [2.75, 3.05) is 6.54 Å². The Labute approximate surface area is 74.9 Å². The Morgan fingerprint density at radius 1 is 1.33 bits per heavy atom. The molecule has 0 radical (unpaired) electrons. The molecular weight excluding hydrogens is 146 g/mol. The molecule has 12 heavy (non-hydrogen) atoms. The average molecular weight is 165 g/mol. The third kappa shape index (κ3) is 0.585. The number of rotatable bonds is 0. The molecule has 1 heteroatoms. The highest BCUT2D eigenvalue weighted by atomic mass is 15.0. The molecule has 1 N–H and O–H groups in total. The van der Waals surface area contributed by atoms with E-state index in [1.165, 1.54) is 13.0 Å². The van der Waals surface area contributed by atoms with Crippen LogP contribution in [0.5, 0.6) is 0 Å². The first-order valence-electron chi connectivity index (χ1n) is 5.36. The average Bonchev–Trinajstić information content (AvgIpc) is 2.51. The zero-order valence-corrected chi connectivity index (χ0v) is 8.30. The van der Waals surface area contributed by atoms with Gasteiger partial charge in [-0.3, -0.25) is 0 Å². The molecule has 3 rings (SSSR count). The van der Waals surface area contributed by atoms with Crippen molar-refractivity contribution >= 4 is 0 Å². The molecule has 2 aliphatic carbocycles. The van der Waals surface area contributed by atoms with Crippen molar-refractivity contribution in [3.05, 3.63) is 0 Å². The first-order chi connectivity index (χ1) is 5.62. The normalized spacial score (nSPS) is 59.8. The first-order valence-corrected chi connectivity index (χ1v) is 5.36. The Morgan fingerprint density at radius 2 is 2.08 bits per heavy atom. The van der Waals surface area contributed by atoms with Gasteiger partial charge in [-0.2, -0.15) is 0 Å². The van der Waals surface area contributed by atoms with E-state index in [0.29, 0.717) is 5.41 Å². The van der Waals surface area contributed by atoms with Crippen LogP contribution >= 0.6 is 0 Å². The number of fused-ring (bicyclic) bond motifs is 1. The zero-order valence-electron chi connectivity index (χ0n) is 8.30. The lowest BCUT2D eigenvalue weighted by Gasteiger charge is -2.24. The highest BCUT2D eigenvalue weighted by Gasteiger charge is 2.63. The summed E-state index contributed by atoms with van der Waals surface area (Å²) in [6, 6.07) is 0.881. The summed E-state index contributed by atoms with van der Waals surface area (Å²) < 4.78 is 0. The predicted octanol–water partition coefficient (Wildman–Crippen LogP) is 1.89. The third-order valence-corrected chi connectivity index (χ3v) is 5.14. The monoisotopic (exact) mass is 165 g/mol. The van der Waals surface area contributed by atoms with Gasteiger partial charge in [-0.1, -0.05) is 20.8 Å². The van der Waals surface area contributed by atoms with Gasteiger partial charge in [0.2, 0.25) is 0 Å². The maximum Gasteiger partial charge on any atom is 0.0107 e. The van der Waals surface area contributed by atoms with Crippen LogP contribution in [0.25, 0.3) is 0 Å². The maximum absolute atomic E-state index is 3.70. The second kappa shape index (κ2) is 1.89. The van der Waals surface area contributed by atoms with Crippen LogP contribution in [0.15, 0.2) is 0 Å². The summed E-state index contributed by atoms with van der Waals surface area (Å²) in [5.74, 6) is 3.99. The number of hydrogen-bond acceptors (Lipinski definition) is 1. The lowest BCUT2D eigenvalue weighted by atomic mass is 9.80. The topological polar surface area (TPSA) is 12.0 Å². The summed E-state index contributed by atoms with van der Waals surface area (Å²) in [6.07, 6.45) is 1.45. The van der Waals surface area contributed by atoms with E-state index < -0.39 is 0 Å². The van der Waals surface area contributed by atoms with Gasteiger partial charge < -0.3 is 5.32 Å². The fourth-order valence-electron chi connectivity index (χ4n) is 4.67. The molecule has 1 saturated heterocycles. The van der Waals surface area contributed by atoms with Gasteiger partial charge in [0.25, 0.3) is 0 Å². The highest BCUT2D eigenvalue weighted by molar-refractivity contribution is 5.15. The van der Waals surface area contributed by atoms with Gasteiger partial charge in [0.15, 0.2) is 0 Å². The fraction of sp³-hybridized carbons (Fsp3) is 1.00. The van der Waals surface area contributed by atoms with E-state index in [1.807, 2.05) is 0 Å². The first kappa shape index (κ1) is 7.37. The van der Waals surface area contributed by atoms with Crippen molar-refractivity contribution in [3.8, 4) is 0 Å². The molecular formula is C11H19N. The zero-order chi connectivity index (χ0) is 8.51. The molecule has 3 aliphatic rings. The standard InChI is InChI=1S/C11H19N/c1-6-7-5-12-9-4-8(6)11(2,3)10(7)9/h6-10,12H,4-5H2,1-3H3. The molecule has 1 heterocycles. The van der Waals surface area contributed by atoms with E-state index in [0.717, 1.165) is 29.7 Å². The summed E-state index contributed by atoms with van der Waals surface area (Å²) in [6.45, 7) is 8.76. The Hall–Kier alpha value is -0.0400. The van der Waals surface area contributed by atoms with Crippen LogP contribution in [0.4, 0.5) is 0 Å². The summed E-state index contributed by atoms with van der Waals surface area (Å²) >= 11 is 0. The molecule has 2 saturated carbocycles. The Bertz CT molecular complexity index is 221. The van der Waals surface area contributed by atoms with Crippen molar-refractivity contribution < 1.29 is 0 Å². The lowest BCUT2D eigenvalue weighted by molar-refractivity contribution is 0.240. The van der Waals surface area contributed by atoms with E-state index in [2.05, 4.69) is 26.1 Å². The van der Waals surface area contributed by atoms with Crippen molar-refractivity contribution in [2.45, 2.75) is 33.2 Å². The summed E-state index contributed by atoms with van der Waals surface area (Å²) in [5.41, 5.74) is 0.637. The van der Waals surface area contributed by atoms with Gasteiger partial charge in [0.05, 0.1) is 0 Å². The molecule has 0 aromatic carbocycles. The molecule has 0 amide bonds. The lowest BCUT2D eigenvalue weighted by Crippen LogP contribution is -2.27. The van der Waals surface area contributed by atoms with Crippen LogP contribution in [0.3, 0.4) is 0 Å². The largest absolute Gasteiger partial charge is 0.313 e. The van der Waals surface area contributed by atoms with Crippen molar-refractivity contribution in [1.29, 1.82) is 0 Å². The summed E-state index contributed by atoms with van der Waals surface area (Å²) in [4.78, 5) is 0. The molecule has 5 unspecified atom stereocenters. The summed E-state index contributed by atoms with van der Waals surface area (Å²) in [5, 5.41) is 3.70. The van der Waals surface area contributed by atoms with E-state index in [4.69, 9.17) is 0 Å². The molecule has 68 valence electrons. The molecule has 0 spiro atoms. The van der Waals surface area contributed by atoms with E-state index in [1.54, 1.807) is 0 Å². The molecule has 5 atom stereocenters. The van der Waals surface area contributed by atoms with Crippen molar-refractivity contribution in [1.82, 2.24) is 5.32 Å². The second-order valence-electron chi connectivity index (χ2n) is 5.73. The maximum atomic E-state index is 3.70. The molecule has 0 aromatic heterocycles. The minimum atomic E-state index is 0.637. The van der Waals surface area contributed by atoms with Crippen LogP contribution in [0.2, 0.25) is 0 Å². The van der Waals surface area contributed by atoms with Gasteiger partial charge in [0, 0.05) is 6.04 Å². The van der Waals surface area contributed by atoms with Crippen LogP contribution in [0.1, 0.15) is 27.2 Å². The van der Waals surface area contributed by atoms with Gasteiger partial charge in [-0.25, -0.2) is 0 Å². The van der Waals surface area contributed by atoms with Crippen LogP contribution in [-0.2, 0) is 0 Å². The number of hydrogen-bond donors (Lipinski definition) is 1. The van der Waals surface area contributed by atoms with Crippen LogP contribution in [-0.4, -0.2) is 12.6 Å². The fourth-order valence-corrected chi connectivity index (χ4v) is 4.67. The SMILES string of the molecule is CC1C2CNC3CC1C(C)(C)C32. The summed E-state index contributed by atoms with van der Waals surface area (Å²) in [7, 11) is 0. The Morgan fingerprint density at radius 3 is 2.67 bits per heavy atom. The van der Waals surface area contributed by atoms with Crippen molar-refractivity contribution in [2.24, 2.45) is 29.1 Å². The van der Waals surface area contributed by atoms with Crippen LogP contribution < -0.4 is 5.32 Å². The van der Waals surface area contributed by atoms with E-state index in [-0.39, 0.29) is 0 Å². The third-order valence-electron chi connectivity index (χ3n) is 5.14.